The van der Waals surface area contributed by atoms with E-state index in [-0.39, 0.29) is 17.7 Å². The Labute approximate surface area is 116 Å². The monoisotopic (exact) mass is 277 g/mol. The maximum atomic E-state index is 12.0. The second kappa shape index (κ2) is 7.04. The van der Waals surface area contributed by atoms with Gasteiger partial charge in [-0.3, -0.25) is 4.79 Å². The zero-order chi connectivity index (χ0) is 15.1. The van der Waals surface area contributed by atoms with Gasteiger partial charge in [-0.1, -0.05) is 0 Å². The number of methoxy groups -OCH3 is 2. The first kappa shape index (κ1) is 15.4. The van der Waals surface area contributed by atoms with Gasteiger partial charge in [0.25, 0.3) is 5.91 Å². The smallest absolute Gasteiger partial charge is 0.327 e. The van der Waals surface area contributed by atoms with Crippen LogP contribution in [0.1, 0.15) is 16.8 Å². The van der Waals surface area contributed by atoms with Crippen molar-refractivity contribution in [1.82, 2.24) is 5.32 Å². The predicted octanol–water partition coefficient (Wildman–Crippen LogP) is 0.910. The Morgan fingerprint density at radius 1 is 1.40 bits per heavy atom. The predicted molar refractivity (Wildman–Crippen MR) is 71.9 cm³/mol. The number of nitrogens with one attached hydrogen (secondary N) is 1. The average Bonchev–Trinajstić information content (AvgIpc) is 2.45. The van der Waals surface area contributed by atoms with Gasteiger partial charge in [0, 0.05) is 12.5 Å². The molecule has 6 nitrogen and oxygen atoms in total. The maximum Gasteiger partial charge on any atom is 0.327 e. The first-order valence-electron chi connectivity index (χ1n) is 5.72. The van der Waals surface area contributed by atoms with Crippen LogP contribution < -0.4 is 14.8 Å². The topological polar surface area (TPSA) is 84.9 Å². The van der Waals surface area contributed by atoms with Gasteiger partial charge >= 0.3 is 5.97 Å². The van der Waals surface area contributed by atoms with E-state index in [4.69, 9.17) is 21.0 Å². The van der Waals surface area contributed by atoms with Gasteiger partial charge in [-0.15, -0.1) is 12.3 Å². The summed E-state index contributed by atoms with van der Waals surface area (Å²) in [6.07, 6.45) is 4.97. The van der Waals surface area contributed by atoms with Crippen molar-refractivity contribution in [2.45, 2.75) is 12.5 Å². The van der Waals surface area contributed by atoms with E-state index in [0.29, 0.717) is 5.75 Å². The Morgan fingerprint density at radius 2 is 2.10 bits per heavy atom. The molecule has 0 radical (unpaired) electrons. The second-order valence-corrected chi connectivity index (χ2v) is 3.84. The van der Waals surface area contributed by atoms with E-state index in [2.05, 4.69) is 11.2 Å². The van der Waals surface area contributed by atoms with Crippen molar-refractivity contribution < 1.29 is 24.2 Å². The van der Waals surface area contributed by atoms with Crippen molar-refractivity contribution in [3.05, 3.63) is 23.8 Å². The normalized spacial score (nSPS) is 11.1. The van der Waals surface area contributed by atoms with E-state index in [1.165, 1.54) is 26.4 Å². The number of aliphatic carboxylic acids is 1. The summed E-state index contributed by atoms with van der Waals surface area (Å²) < 4.78 is 10.1. The number of hydrogen-bond acceptors (Lipinski definition) is 4. The number of hydrogen-bond donors (Lipinski definition) is 2. The molecule has 0 aromatic heterocycles. The van der Waals surface area contributed by atoms with E-state index in [9.17, 15) is 9.59 Å². The molecule has 0 aliphatic rings. The van der Waals surface area contributed by atoms with E-state index < -0.39 is 17.9 Å². The Hall–Kier alpha value is -2.68. The third-order valence-corrected chi connectivity index (χ3v) is 2.58. The standard InChI is InChI=1S/C14H15NO5/c1-4-5-11(14(17)18)15-13(16)10-7-6-9(19-2)8-12(10)20-3/h1,6-8,11H,5H2,2-3H3,(H,15,16)(H,17,18). The van der Waals surface area contributed by atoms with Gasteiger partial charge < -0.3 is 19.9 Å². The van der Waals surface area contributed by atoms with Crippen LogP contribution in [0, 0.1) is 12.3 Å². The van der Waals surface area contributed by atoms with Gasteiger partial charge in [0.05, 0.1) is 19.8 Å². The number of benzene rings is 1. The number of terminal acetylenes is 1. The lowest BCUT2D eigenvalue weighted by Crippen LogP contribution is -2.40. The van der Waals surface area contributed by atoms with E-state index in [1.54, 1.807) is 6.07 Å². The fourth-order valence-corrected chi connectivity index (χ4v) is 1.54. The number of carbonyl (C=O) groups is 2. The molecule has 6 heteroatoms. The van der Waals surface area contributed by atoms with E-state index >= 15 is 0 Å². The molecule has 0 saturated carbocycles. The SMILES string of the molecule is C#CCC(NC(=O)c1ccc(OC)cc1OC)C(=O)O. The molecule has 0 spiro atoms. The van der Waals surface area contributed by atoms with Crippen molar-refractivity contribution in [2.75, 3.05) is 14.2 Å². The van der Waals surface area contributed by atoms with Crippen molar-refractivity contribution >= 4 is 11.9 Å². The molecule has 1 atom stereocenters. The zero-order valence-corrected chi connectivity index (χ0v) is 11.2. The third kappa shape index (κ3) is 3.65. The van der Waals surface area contributed by atoms with Crippen molar-refractivity contribution in [3.63, 3.8) is 0 Å². The van der Waals surface area contributed by atoms with Crippen LogP contribution in [-0.2, 0) is 4.79 Å². The number of carbonyl (C=O) groups excluding carboxylic acids is 1. The van der Waals surface area contributed by atoms with Crippen LogP contribution in [0.4, 0.5) is 0 Å². The molecule has 0 bridgehead atoms. The first-order chi connectivity index (χ1) is 9.53. The molecular formula is C14H15NO5. The summed E-state index contributed by atoms with van der Waals surface area (Å²) in [5, 5.41) is 11.3. The minimum atomic E-state index is -1.19. The molecule has 0 aliphatic carbocycles. The fourth-order valence-electron chi connectivity index (χ4n) is 1.54. The van der Waals surface area contributed by atoms with Crippen LogP contribution in [0.2, 0.25) is 0 Å². The molecule has 0 fully saturated rings. The fraction of sp³-hybridized carbons (Fsp3) is 0.286. The highest BCUT2D eigenvalue weighted by Crippen LogP contribution is 2.24. The number of carboxylic acids is 1. The highest BCUT2D eigenvalue weighted by Gasteiger charge is 2.21. The van der Waals surface area contributed by atoms with Crippen molar-refractivity contribution in [2.24, 2.45) is 0 Å². The number of carboxylic acid groups (broad SMARTS) is 1. The molecule has 20 heavy (non-hydrogen) atoms. The summed E-state index contributed by atoms with van der Waals surface area (Å²) in [5.74, 6) is 1.25. The summed E-state index contributed by atoms with van der Waals surface area (Å²) in [6.45, 7) is 0. The lowest BCUT2D eigenvalue weighted by molar-refractivity contribution is -0.139. The summed E-state index contributed by atoms with van der Waals surface area (Å²) >= 11 is 0. The largest absolute Gasteiger partial charge is 0.497 e. The number of rotatable bonds is 6. The van der Waals surface area contributed by atoms with Gasteiger partial charge in [-0.05, 0) is 12.1 Å². The van der Waals surface area contributed by atoms with Crippen LogP contribution in [0.25, 0.3) is 0 Å². The lowest BCUT2D eigenvalue weighted by Gasteiger charge is -2.14. The van der Waals surface area contributed by atoms with Crippen molar-refractivity contribution in [3.8, 4) is 23.8 Å². The van der Waals surface area contributed by atoms with Crippen LogP contribution in [0.5, 0.6) is 11.5 Å². The second-order valence-electron chi connectivity index (χ2n) is 3.84. The quantitative estimate of drug-likeness (QED) is 0.755. The number of ether oxygens (including phenoxy) is 2. The number of amides is 1. The lowest BCUT2D eigenvalue weighted by atomic mass is 10.1. The Kier molecular flexibility index (Phi) is 5.42. The van der Waals surface area contributed by atoms with Crippen LogP contribution >= 0.6 is 0 Å². The molecule has 0 aliphatic heterocycles. The average molecular weight is 277 g/mol. The zero-order valence-electron chi connectivity index (χ0n) is 11.2. The molecule has 0 saturated heterocycles. The molecule has 1 aromatic carbocycles. The Balaban J connectivity index is 2.97. The van der Waals surface area contributed by atoms with Gasteiger partial charge in [0.1, 0.15) is 17.5 Å². The Bertz CT molecular complexity index is 547. The molecule has 0 heterocycles. The third-order valence-electron chi connectivity index (χ3n) is 2.58. The minimum Gasteiger partial charge on any atom is -0.497 e. The molecule has 106 valence electrons. The molecule has 1 unspecified atom stereocenters. The summed E-state index contributed by atoms with van der Waals surface area (Å²) in [4.78, 5) is 23.0. The van der Waals surface area contributed by atoms with Crippen LogP contribution in [0.3, 0.4) is 0 Å². The minimum absolute atomic E-state index is 0.0977. The summed E-state index contributed by atoms with van der Waals surface area (Å²) in [6, 6.07) is 3.46. The first-order valence-corrected chi connectivity index (χ1v) is 5.72. The van der Waals surface area contributed by atoms with Crippen LogP contribution in [0.15, 0.2) is 18.2 Å². The van der Waals surface area contributed by atoms with E-state index in [1.807, 2.05) is 0 Å². The molecule has 1 amide bonds. The molecule has 1 rings (SSSR count). The van der Waals surface area contributed by atoms with Gasteiger partial charge in [-0.25, -0.2) is 4.79 Å². The highest BCUT2D eigenvalue weighted by molar-refractivity contribution is 5.99. The molecule has 2 N–H and O–H groups in total. The highest BCUT2D eigenvalue weighted by atomic mass is 16.5. The summed E-state index contributed by atoms with van der Waals surface area (Å²) in [7, 11) is 2.89. The van der Waals surface area contributed by atoms with Crippen LogP contribution in [-0.4, -0.2) is 37.2 Å². The van der Waals surface area contributed by atoms with Crippen molar-refractivity contribution in [1.29, 1.82) is 0 Å². The van der Waals surface area contributed by atoms with Gasteiger partial charge in [0.15, 0.2) is 0 Å². The maximum absolute atomic E-state index is 12.0. The molecule has 1 aromatic rings. The molecular weight excluding hydrogens is 262 g/mol. The van der Waals surface area contributed by atoms with Gasteiger partial charge in [0.2, 0.25) is 0 Å². The Morgan fingerprint density at radius 3 is 2.60 bits per heavy atom. The summed E-state index contributed by atoms with van der Waals surface area (Å²) in [5.41, 5.74) is 0.205. The van der Waals surface area contributed by atoms with Gasteiger partial charge in [-0.2, -0.15) is 0 Å². The van der Waals surface area contributed by atoms with E-state index in [0.717, 1.165) is 0 Å².